The Bertz CT molecular complexity index is 563. The van der Waals surface area contributed by atoms with Gasteiger partial charge in [0, 0.05) is 0 Å². The molecule has 0 radical (unpaired) electrons. The number of esters is 1. The molecule has 1 atom stereocenters. The molecule has 0 aliphatic rings. The fourth-order valence-corrected chi connectivity index (χ4v) is 1.88. The van der Waals surface area contributed by atoms with Crippen molar-refractivity contribution >= 4 is 5.97 Å². The highest BCUT2D eigenvalue weighted by Gasteiger charge is 2.17. The van der Waals surface area contributed by atoms with Crippen molar-refractivity contribution in [1.29, 1.82) is 0 Å². The zero-order valence-electron chi connectivity index (χ0n) is 10.8. The van der Waals surface area contributed by atoms with Crippen LogP contribution in [0, 0.1) is 5.82 Å². The molecule has 0 unspecified atom stereocenters. The predicted octanol–water partition coefficient (Wildman–Crippen LogP) is 2.81. The van der Waals surface area contributed by atoms with E-state index in [1.165, 1.54) is 18.3 Å². The highest BCUT2D eigenvalue weighted by atomic mass is 18.2. The number of aromatic nitrogens is 2. The Morgan fingerprint density at radius 3 is 2.74 bits per heavy atom. The summed E-state index contributed by atoms with van der Waals surface area (Å²) in [5.41, 5.74) is 1.28. The zero-order chi connectivity index (χ0) is 13.8. The lowest BCUT2D eigenvalue weighted by Gasteiger charge is -2.16. The van der Waals surface area contributed by atoms with Gasteiger partial charge in [-0.25, -0.2) is 14.2 Å². The van der Waals surface area contributed by atoms with Gasteiger partial charge in [0.15, 0.2) is 0 Å². The normalized spacial score (nSPS) is 12.2. The van der Waals surface area contributed by atoms with Crippen LogP contribution in [-0.4, -0.2) is 22.1 Å². The Kier molecular flexibility index (Phi) is 3.94. The number of nitrogens with zero attached hydrogens (tertiary/aromatic N) is 2. The van der Waals surface area contributed by atoms with Gasteiger partial charge in [0.25, 0.3) is 0 Å². The number of hydrogen-bond donors (Lipinski definition) is 0. The molecule has 100 valence electrons. The number of carbonyl (C=O) groups is 1. The molecule has 0 aliphatic carbocycles. The first-order valence-corrected chi connectivity index (χ1v) is 6.08. The quantitative estimate of drug-likeness (QED) is 0.795. The summed E-state index contributed by atoms with van der Waals surface area (Å²) in [4.78, 5) is 15.8. The molecule has 0 fully saturated rings. The molecule has 1 heterocycles. The molecule has 19 heavy (non-hydrogen) atoms. The van der Waals surface area contributed by atoms with Gasteiger partial charge in [-0.15, -0.1) is 0 Å². The molecule has 2 rings (SSSR count). The molecule has 1 aromatic carbocycles. The summed E-state index contributed by atoms with van der Waals surface area (Å²) in [6, 6.07) is 6.05. The van der Waals surface area contributed by atoms with E-state index in [0.29, 0.717) is 12.3 Å². The lowest BCUT2D eigenvalue weighted by atomic mass is 10.1. The van der Waals surface area contributed by atoms with Crippen LogP contribution in [0.5, 0.6) is 0 Å². The number of ether oxygens (including phenoxy) is 1. The van der Waals surface area contributed by atoms with Crippen molar-refractivity contribution in [2.45, 2.75) is 19.9 Å². The van der Waals surface area contributed by atoms with E-state index in [9.17, 15) is 9.18 Å². The molecule has 2 aromatic rings. The van der Waals surface area contributed by atoms with Gasteiger partial charge in [0.05, 0.1) is 25.2 Å². The summed E-state index contributed by atoms with van der Waals surface area (Å²) in [5.74, 6) is -0.693. The molecule has 1 aromatic heterocycles. The highest BCUT2D eigenvalue weighted by molar-refractivity contribution is 5.87. The molecule has 5 heteroatoms. The van der Waals surface area contributed by atoms with Crippen molar-refractivity contribution in [3.63, 3.8) is 0 Å². The minimum Gasteiger partial charge on any atom is -0.461 e. The Hall–Kier alpha value is -2.17. The lowest BCUT2D eigenvalue weighted by Crippen LogP contribution is -2.15. The highest BCUT2D eigenvalue weighted by Crippen LogP contribution is 2.20. The second-order valence-corrected chi connectivity index (χ2v) is 4.13. The summed E-state index contributed by atoms with van der Waals surface area (Å²) in [6.07, 6.45) is 3.04. The van der Waals surface area contributed by atoms with E-state index in [2.05, 4.69) is 4.98 Å². The second kappa shape index (κ2) is 5.65. The molecule has 0 saturated heterocycles. The summed E-state index contributed by atoms with van der Waals surface area (Å²) in [5, 5.41) is 0. The van der Waals surface area contributed by atoms with E-state index in [0.717, 1.165) is 5.56 Å². The van der Waals surface area contributed by atoms with Crippen molar-refractivity contribution in [2.24, 2.45) is 0 Å². The standard InChI is InChI=1S/C14H15FN2O2/c1-3-19-14(18)13-8-16-9-17(13)10(2)11-4-6-12(15)7-5-11/h4-10H,3H2,1-2H3/t10-/m1/s1/i15-1. The van der Waals surface area contributed by atoms with Crippen molar-refractivity contribution in [1.82, 2.24) is 9.55 Å². The van der Waals surface area contributed by atoms with Gasteiger partial charge in [-0.1, -0.05) is 12.1 Å². The minimum absolute atomic E-state index is 0.123. The van der Waals surface area contributed by atoms with Gasteiger partial charge in [-0.2, -0.15) is 0 Å². The van der Waals surface area contributed by atoms with Crippen LogP contribution in [0.15, 0.2) is 36.8 Å². The number of rotatable bonds is 4. The average Bonchev–Trinajstić information content (AvgIpc) is 2.88. The molecule has 0 spiro atoms. The lowest BCUT2D eigenvalue weighted by molar-refractivity contribution is 0.0512. The number of carbonyl (C=O) groups excluding carboxylic acids is 1. The van der Waals surface area contributed by atoms with Crippen molar-refractivity contribution in [3.8, 4) is 0 Å². The van der Waals surface area contributed by atoms with Gasteiger partial charge < -0.3 is 9.30 Å². The molecular weight excluding hydrogens is 246 g/mol. The van der Waals surface area contributed by atoms with Crippen LogP contribution < -0.4 is 0 Å². The Labute approximate surface area is 110 Å². The Morgan fingerprint density at radius 1 is 1.42 bits per heavy atom. The molecule has 0 bridgehead atoms. The maximum Gasteiger partial charge on any atom is 0.356 e. The van der Waals surface area contributed by atoms with Crippen LogP contribution in [0.4, 0.5) is 4.39 Å². The molecular formula is C14H15FN2O2. The van der Waals surface area contributed by atoms with E-state index in [1.807, 2.05) is 6.92 Å². The maximum atomic E-state index is 12.9. The number of imidazole rings is 1. The minimum atomic E-state index is -0.408. The topological polar surface area (TPSA) is 44.1 Å². The third kappa shape index (κ3) is 2.81. The van der Waals surface area contributed by atoms with E-state index in [1.54, 1.807) is 30.0 Å². The maximum absolute atomic E-state index is 12.9. The van der Waals surface area contributed by atoms with E-state index in [4.69, 9.17) is 4.74 Å². The van der Waals surface area contributed by atoms with Gasteiger partial charge in [0.1, 0.15) is 11.5 Å². The third-order valence-electron chi connectivity index (χ3n) is 2.92. The van der Waals surface area contributed by atoms with Crippen LogP contribution in [0.1, 0.15) is 35.9 Å². The van der Waals surface area contributed by atoms with Crippen molar-refractivity contribution < 1.29 is 13.9 Å². The van der Waals surface area contributed by atoms with Gasteiger partial charge in [-0.3, -0.25) is 0 Å². The van der Waals surface area contributed by atoms with Gasteiger partial charge in [-0.05, 0) is 31.5 Å². The van der Waals surface area contributed by atoms with Crippen molar-refractivity contribution in [2.75, 3.05) is 6.61 Å². The summed E-state index contributed by atoms with van der Waals surface area (Å²) < 4.78 is 19.6. The average molecular weight is 261 g/mol. The molecule has 4 nitrogen and oxygen atoms in total. The van der Waals surface area contributed by atoms with Gasteiger partial charge in [0.2, 0.25) is 0 Å². The summed E-state index contributed by atoms with van der Waals surface area (Å²) in [6.45, 7) is 3.98. The molecule has 0 aliphatic heterocycles. The first-order chi connectivity index (χ1) is 9.13. The SMILES string of the molecule is CCOC(=O)c1cncn1[C@H](C)c1ccc([18F])cc1. The fourth-order valence-electron chi connectivity index (χ4n) is 1.88. The first kappa shape index (κ1) is 13.3. The predicted molar refractivity (Wildman–Crippen MR) is 68.4 cm³/mol. The van der Waals surface area contributed by atoms with E-state index < -0.39 is 5.97 Å². The molecule has 0 saturated carbocycles. The van der Waals surface area contributed by atoms with Crippen LogP contribution in [-0.2, 0) is 4.74 Å². The number of benzene rings is 1. The first-order valence-electron chi connectivity index (χ1n) is 6.08. The van der Waals surface area contributed by atoms with Crippen LogP contribution in [0.2, 0.25) is 0 Å². The van der Waals surface area contributed by atoms with Crippen LogP contribution in [0.3, 0.4) is 0 Å². The summed E-state index contributed by atoms with van der Waals surface area (Å²) in [7, 11) is 0. The Balaban J connectivity index is 2.29. The van der Waals surface area contributed by atoms with E-state index >= 15 is 0 Å². The summed E-state index contributed by atoms with van der Waals surface area (Å²) >= 11 is 0. The van der Waals surface area contributed by atoms with Crippen LogP contribution >= 0.6 is 0 Å². The van der Waals surface area contributed by atoms with E-state index in [-0.39, 0.29) is 11.9 Å². The number of halogens is 1. The fraction of sp³-hybridized carbons (Fsp3) is 0.286. The molecule has 0 amide bonds. The largest absolute Gasteiger partial charge is 0.461 e. The third-order valence-corrected chi connectivity index (χ3v) is 2.92. The van der Waals surface area contributed by atoms with Gasteiger partial charge >= 0.3 is 5.97 Å². The molecule has 0 N–H and O–H groups in total. The smallest absolute Gasteiger partial charge is 0.356 e. The van der Waals surface area contributed by atoms with Crippen LogP contribution in [0.25, 0.3) is 0 Å². The monoisotopic (exact) mass is 261 g/mol. The van der Waals surface area contributed by atoms with Crippen molar-refractivity contribution in [3.05, 3.63) is 53.9 Å². The number of hydrogen-bond acceptors (Lipinski definition) is 3. The Morgan fingerprint density at radius 2 is 2.11 bits per heavy atom. The second-order valence-electron chi connectivity index (χ2n) is 4.13. The zero-order valence-corrected chi connectivity index (χ0v) is 10.8.